The zero-order valence-corrected chi connectivity index (χ0v) is 8.78. The summed E-state index contributed by atoms with van der Waals surface area (Å²) in [6.45, 7) is 8.18. The van der Waals surface area contributed by atoms with Crippen LogP contribution in [0.4, 0.5) is 0 Å². The van der Waals surface area contributed by atoms with E-state index >= 15 is 0 Å². The summed E-state index contributed by atoms with van der Waals surface area (Å²) in [5.74, 6) is -0.544. The van der Waals surface area contributed by atoms with Crippen molar-refractivity contribution in [1.82, 2.24) is 0 Å². The fourth-order valence-electron chi connectivity index (χ4n) is 0.340. The van der Waals surface area contributed by atoms with Crippen LogP contribution in [-0.2, 0) is 19.1 Å². The molecule has 0 saturated carbocycles. The lowest BCUT2D eigenvalue weighted by atomic mass is 10.7. The van der Waals surface area contributed by atoms with E-state index in [1.54, 1.807) is 13.0 Å². The van der Waals surface area contributed by atoms with Gasteiger partial charge in [0.2, 0.25) is 0 Å². The van der Waals surface area contributed by atoms with Crippen LogP contribution in [0.15, 0.2) is 25.0 Å². The first-order valence-corrected chi connectivity index (χ1v) is 4.07. The van der Waals surface area contributed by atoms with Crippen molar-refractivity contribution in [1.29, 1.82) is 0 Å². The number of esters is 2. The summed E-state index contributed by atoms with van der Waals surface area (Å²) in [4.78, 5) is 19.9. The van der Waals surface area contributed by atoms with Crippen LogP contribution in [0, 0.1) is 0 Å². The van der Waals surface area contributed by atoms with Crippen LogP contribution in [0.3, 0.4) is 0 Å². The minimum Gasteiger partial charge on any atom is -0.462 e. The number of ether oxygens (including phenoxy) is 2. The molecule has 0 aromatic heterocycles. The third-order valence-electron chi connectivity index (χ3n) is 0.775. The SMILES string of the molecule is C=CCOC(C)=O.CC=COC(C)=O. The van der Waals surface area contributed by atoms with Gasteiger partial charge in [-0.2, -0.15) is 0 Å². The molecule has 0 atom stereocenters. The Morgan fingerprint density at radius 2 is 1.86 bits per heavy atom. The van der Waals surface area contributed by atoms with Gasteiger partial charge < -0.3 is 9.47 Å². The average molecular weight is 200 g/mol. The zero-order chi connectivity index (χ0) is 11.4. The van der Waals surface area contributed by atoms with Gasteiger partial charge in [-0.05, 0) is 6.92 Å². The van der Waals surface area contributed by atoms with E-state index < -0.39 is 0 Å². The fourth-order valence-corrected chi connectivity index (χ4v) is 0.340. The van der Waals surface area contributed by atoms with Gasteiger partial charge in [-0.3, -0.25) is 9.59 Å². The molecule has 4 heteroatoms. The molecule has 0 unspecified atom stereocenters. The molecule has 4 nitrogen and oxygen atoms in total. The van der Waals surface area contributed by atoms with Gasteiger partial charge in [0, 0.05) is 13.8 Å². The lowest BCUT2D eigenvalue weighted by molar-refractivity contribution is -0.139. The Kier molecular flexibility index (Phi) is 12.2. The lowest BCUT2D eigenvalue weighted by Crippen LogP contribution is -1.96. The van der Waals surface area contributed by atoms with Crippen molar-refractivity contribution in [3.8, 4) is 0 Å². The molecule has 0 radical (unpaired) electrons. The zero-order valence-electron chi connectivity index (χ0n) is 8.78. The van der Waals surface area contributed by atoms with Crippen LogP contribution in [0.1, 0.15) is 20.8 Å². The number of carbonyl (C=O) groups is 2. The summed E-state index contributed by atoms with van der Waals surface area (Å²) in [7, 11) is 0. The van der Waals surface area contributed by atoms with Crippen molar-refractivity contribution >= 4 is 11.9 Å². The summed E-state index contributed by atoms with van der Waals surface area (Å²) < 4.78 is 8.81. The summed E-state index contributed by atoms with van der Waals surface area (Å²) in [5.41, 5.74) is 0. The second kappa shape index (κ2) is 11.4. The third-order valence-corrected chi connectivity index (χ3v) is 0.775. The molecule has 0 rings (SSSR count). The van der Waals surface area contributed by atoms with E-state index in [-0.39, 0.29) is 11.9 Å². The Bertz CT molecular complexity index is 206. The van der Waals surface area contributed by atoms with E-state index in [1.807, 2.05) is 0 Å². The molecule has 80 valence electrons. The molecule has 0 heterocycles. The number of allylic oxidation sites excluding steroid dienone is 1. The first kappa shape index (κ1) is 14.9. The summed E-state index contributed by atoms with van der Waals surface area (Å²) in [6.07, 6.45) is 4.53. The van der Waals surface area contributed by atoms with Crippen LogP contribution >= 0.6 is 0 Å². The minimum atomic E-state index is -0.280. The quantitative estimate of drug-likeness (QED) is 0.396. The molecule has 0 fully saturated rings. The third kappa shape index (κ3) is 22.4. The molecule has 14 heavy (non-hydrogen) atoms. The Hall–Kier alpha value is -1.58. The van der Waals surface area contributed by atoms with Crippen LogP contribution in [0.25, 0.3) is 0 Å². The molecule has 0 aliphatic carbocycles. The molecule has 0 aliphatic heterocycles. The highest BCUT2D eigenvalue weighted by Gasteiger charge is 1.83. The molecule has 0 aromatic carbocycles. The van der Waals surface area contributed by atoms with Gasteiger partial charge in [-0.15, -0.1) is 0 Å². The predicted molar refractivity (Wildman–Crippen MR) is 53.4 cm³/mol. The number of carbonyl (C=O) groups excluding carboxylic acids is 2. The smallest absolute Gasteiger partial charge is 0.307 e. The first-order chi connectivity index (χ1) is 6.54. The van der Waals surface area contributed by atoms with Crippen molar-refractivity contribution in [2.75, 3.05) is 6.61 Å². The summed E-state index contributed by atoms with van der Waals surface area (Å²) in [6, 6.07) is 0. The van der Waals surface area contributed by atoms with Crippen molar-refractivity contribution < 1.29 is 19.1 Å². The second-order valence-electron chi connectivity index (χ2n) is 2.17. The highest BCUT2D eigenvalue weighted by Crippen LogP contribution is 1.75. The molecule has 0 N–H and O–H groups in total. The van der Waals surface area contributed by atoms with E-state index in [0.717, 1.165) is 0 Å². The fraction of sp³-hybridized carbons (Fsp3) is 0.400. The van der Waals surface area contributed by atoms with Gasteiger partial charge in [0.1, 0.15) is 6.61 Å². The van der Waals surface area contributed by atoms with Crippen molar-refractivity contribution in [2.45, 2.75) is 20.8 Å². The van der Waals surface area contributed by atoms with Gasteiger partial charge in [0.15, 0.2) is 0 Å². The average Bonchev–Trinajstić information content (AvgIpc) is 2.12. The lowest BCUT2D eigenvalue weighted by Gasteiger charge is -1.90. The van der Waals surface area contributed by atoms with Gasteiger partial charge in [-0.1, -0.05) is 18.7 Å². The summed E-state index contributed by atoms with van der Waals surface area (Å²) in [5, 5.41) is 0. The number of rotatable bonds is 3. The second-order valence-corrected chi connectivity index (χ2v) is 2.17. The maximum atomic E-state index is 9.93. The molecule has 0 amide bonds. The number of hydrogen-bond acceptors (Lipinski definition) is 4. The van der Waals surface area contributed by atoms with Crippen LogP contribution in [-0.4, -0.2) is 18.5 Å². The van der Waals surface area contributed by atoms with Gasteiger partial charge in [0.25, 0.3) is 0 Å². The van der Waals surface area contributed by atoms with Crippen molar-refractivity contribution in [3.05, 3.63) is 25.0 Å². The maximum absolute atomic E-state index is 9.93. The molecule has 0 saturated heterocycles. The Labute approximate surface area is 84.2 Å². The van der Waals surface area contributed by atoms with E-state index in [1.165, 1.54) is 26.2 Å². The van der Waals surface area contributed by atoms with Crippen LogP contribution in [0.5, 0.6) is 0 Å². The standard InChI is InChI=1S/2C5H8O2/c2*1-3-4-7-5(2)6/h3-4H,1-2H3;3H,1,4H2,2H3. The van der Waals surface area contributed by atoms with Crippen LogP contribution < -0.4 is 0 Å². The van der Waals surface area contributed by atoms with E-state index in [2.05, 4.69) is 16.1 Å². The van der Waals surface area contributed by atoms with E-state index in [0.29, 0.717) is 6.61 Å². The highest BCUT2D eigenvalue weighted by atomic mass is 16.5. The Morgan fingerprint density at radius 1 is 1.29 bits per heavy atom. The highest BCUT2D eigenvalue weighted by molar-refractivity contribution is 5.66. The molecule has 0 aliphatic rings. The molecule has 0 spiro atoms. The maximum Gasteiger partial charge on any atom is 0.307 e. The topological polar surface area (TPSA) is 52.6 Å². The normalized spacial score (nSPS) is 8.50. The molecular weight excluding hydrogens is 184 g/mol. The van der Waals surface area contributed by atoms with Gasteiger partial charge in [-0.25, -0.2) is 0 Å². The van der Waals surface area contributed by atoms with Crippen LogP contribution in [0.2, 0.25) is 0 Å². The largest absolute Gasteiger partial charge is 0.462 e. The monoisotopic (exact) mass is 200 g/mol. The molecular formula is C10H16O4. The Balaban J connectivity index is 0. The summed E-state index contributed by atoms with van der Waals surface area (Å²) >= 11 is 0. The Morgan fingerprint density at radius 3 is 2.00 bits per heavy atom. The minimum absolute atomic E-state index is 0.264. The van der Waals surface area contributed by atoms with E-state index in [9.17, 15) is 9.59 Å². The first-order valence-electron chi connectivity index (χ1n) is 4.07. The van der Waals surface area contributed by atoms with Crippen molar-refractivity contribution in [3.63, 3.8) is 0 Å². The van der Waals surface area contributed by atoms with Crippen molar-refractivity contribution in [2.24, 2.45) is 0 Å². The van der Waals surface area contributed by atoms with Gasteiger partial charge >= 0.3 is 11.9 Å². The van der Waals surface area contributed by atoms with Gasteiger partial charge in [0.05, 0.1) is 6.26 Å². The molecule has 0 bridgehead atoms. The van der Waals surface area contributed by atoms with E-state index in [4.69, 9.17) is 0 Å². The molecule has 0 aromatic rings. The number of hydrogen-bond donors (Lipinski definition) is 0. The predicted octanol–water partition coefficient (Wildman–Crippen LogP) is 1.82.